The molecule has 0 radical (unpaired) electrons. The van der Waals surface area contributed by atoms with Gasteiger partial charge in [-0.3, -0.25) is 4.79 Å². The van der Waals surface area contributed by atoms with Gasteiger partial charge in [0.15, 0.2) is 0 Å². The molecule has 1 N–H and O–H groups in total. The monoisotopic (exact) mass is 366 g/mol. The molecule has 0 aliphatic heterocycles. The third-order valence-corrected chi connectivity index (χ3v) is 4.33. The fourth-order valence-electron chi connectivity index (χ4n) is 2.71. The predicted octanol–water partition coefficient (Wildman–Crippen LogP) is 6.21. The molecule has 0 saturated carbocycles. The number of rotatable bonds is 17. The van der Waals surface area contributed by atoms with E-state index in [0.29, 0.717) is 5.57 Å². The number of ether oxygens (including phenoxy) is 1. The molecule has 0 aromatic rings. The molecule has 4 nitrogen and oxygen atoms in total. The lowest BCUT2D eigenvalue weighted by atomic mass is 10.1. The molecule has 1 atom stereocenters. The van der Waals surface area contributed by atoms with Crippen LogP contribution in [0.3, 0.4) is 0 Å². The predicted molar refractivity (Wildman–Crippen MR) is 107 cm³/mol. The van der Waals surface area contributed by atoms with Gasteiger partial charge in [0.1, 0.15) is 6.10 Å². The summed E-state index contributed by atoms with van der Waals surface area (Å²) in [6.07, 6.45) is 17.0. The maximum atomic E-state index is 11.8. The first-order valence-corrected chi connectivity index (χ1v) is 10.2. The number of carbonyl (C=O) groups is 2. The van der Waals surface area contributed by atoms with E-state index in [2.05, 4.69) is 25.7 Å². The van der Waals surface area contributed by atoms with Crippen molar-refractivity contribution in [2.75, 3.05) is 0 Å². The van der Waals surface area contributed by atoms with Crippen molar-refractivity contribution in [3.63, 3.8) is 0 Å². The highest BCUT2D eigenvalue weighted by atomic mass is 16.5. The first kappa shape index (κ1) is 24.4. The summed E-state index contributed by atoms with van der Waals surface area (Å²) in [5, 5.41) is 8.58. The summed E-state index contributed by atoms with van der Waals surface area (Å²) in [5.74, 6) is -0.996. The van der Waals surface area contributed by atoms with Crippen molar-refractivity contribution in [1.82, 2.24) is 0 Å². The SMILES string of the molecule is C=C(C)C(=O)O[C@@H](C/C=C\CCCCCCCC(=O)O)CCCCCC. The van der Waals surface area contributed by atoms with Crippen molar-refractivity contribution < 1.29 is 19.4 Å². The van der Waals surface area contributed by atoms with E-state index in [4.69, 9.17) is 9.84 Å². The minimum atomic E-state index is -0.704. The molecule has 0 spiro atoms. The number of aliphatic carboxylic acids is 1. The minimum absolute atomic E-state index is 0.0525. The Labute approximate surface area is 159 Å². The molecular formula is C22H38O4. The van der Waals surface area contributed by atoms with Gasteiger partial charge in [0.2, 0.25) is 0 Å². The molecule has 4 heteroatoms. The van der Waals surface area contributed by atoms with Gasteiger partial charge >= 0.3 is 11.9 Å². The van der Waals surface area contributed by atoms with Crippen LogP contribution in [0.1, 0.15) is 97.3 Å². The molecule has 0 aliphatic carbocycles. The Morgan fingerprint density at radius 1 is 1.00 bits per heavy atom. The van der Waals surface area contributed by atoms with E-state index in [1.807, 2.05) is 0 Å². The zero-order valence-corrected chi connectivity index (χ0v) is 16.8. The second-order valence-electron chi connectivity index (χ2n) is 7.06. The van der Waals surface area contributed by atoms with Gasteiger partial charge in [0.25, 0.3) is 0 Å². The number of hydrogen-bond donors (Lipinski definition) is 1. The highest BCUT2D eigenvalue weighted by molar-refractivity contribution is 5.87. The highest BCUT2D eigenvalue weighted by Gasteiger charge is 2.13. The van der Waals surface area contributed by atoms with Crippen LogP contribution in [-0.2, 0) is 14.3 Å². The lowest BCUT2D eigenvalue weighted by Gasteiger charge is -2.16. The van der Waals surface area contributed by atoms with Crippen LogP contribution < -0.4 is 0 Å². The summed E-state index contributed by atoms with van der Waals surface area (Å²) in [4.78, 5) is 22.2. The van der Waals surface area contributed by atoms with Crippen molar-refractivity contribution >= 4 is 11.9 Å². The average molecular weight is 367 g/mol. The zero-order valence-electron chi connectivity index (χ0n) is 16.8. The average Bonchev–Trinajstić information content (AvgIpc) is 2.59. The summed E-state index contributed by atoms with van der Waals surface area (Å²) in [5.41, 5.74) is 0.454. The van der Waals surface area contributed by atoms with E-state index < -0.39 is 5.97 Å². The van der Waals surface area contributed by atoms with Crippen LogP contribution in [-0.4, -0.2) is 23.1 Å². The van der Waals surface area contributed by atoms with Crippen molar-refractivity contribution in [3.05, 3.63) is 24.3 Å². The normalized spacial score (nSPS) is 12.2. The Morgan fingerprint density at radius 2 is 1.65 bits per heavy atom. The van der Waals surface area contributed by atoms with Gasteiger partial charge in [0.05, 0.1) is 0 Å². The molecule has 0 aromatic carbocycles. The van der Waals surface area contributed by atoms with E-state index in [0.717, 1.165) is 57.8 Å². The van der Waals surface area contributed by atoms with E-state index in [9.17, 15) is 9.59 Å². The summed E-state index contributed by atoms with van der Waals surface area (Å²) in [6.45, 7) is 7.53. The van der Waals surface area contributed by atoms with Crippen LogP contribution in [0.2, 0.25) is 0 Å². The Morgan fingerprint density at radius 3 is 2.31 bits per heavy atom. The second kappa shape index (κ2) is 16.9. The van der Waals surface area contributed by atoms with E-state index in [1.54, 1.807) is 6.92 Å². The van der Waals surface area contributed by atoms with Gasteiger partial charge in [-0.2, -0.15) is 0 Å². The summed E-state index contributed by atoms with van der Waals surface area (Å²) < 4.78 is 5.55. The van der Waals surface area contributed by atoms with Crippen molar-refractivity contribution in [1.29, 1.82) is 0 Å². The molecule has 0 heterocycles. The van der Waals surface area contributed by atoms with Gasteiger partial charge in [-0.05, 0) is 39.0 Å². The number of carbonyl (C=O) groups excluding carboxylic acids is 1. The maximum Gasteiger partial charge on any atom is 0.333 e. The smallest absolute Gasteiger partial charge is 0.333 e. The number of carboxylic acid groups (broad SMARTS) is 1. The number of unbranched alkanes of at least 4 members (excludes halogenated alkanes) is 8. The van der Waals surface area contributed by atoms with Crippen LogP contribution in [0.4, 0.5) is 0 Å². The molecule has 0 saturated heterocycles. The summed E-state index contributed by atoms with van der Waals surface area (Å²) >= 11 is 0. The highest BCUT2D eigenvalue weighted by Crippen LogP contribution is 2.14. The number of allylic oxidation sites excluding steroid dienone is 1. The second-order valence-corrected chi connectivity index (χ2v) is 7.06. The fraction of sp³-hybridized carbons (Fsp3) is 0.727. The Hall–Kier alpha value is -1.58. The van der Waals surface area contributed by atoms with Gasteiger partial charge in [-0.15, -0.1) is 0 Å². The van der Waals surface area contributed by atoms with Gasteiger partial charge in [-0.1, -0.05) is 64.2 Å². The van der Waals surface area contributed by atoms with Crippen LogP contribution in [0.5, 0.6) is 0 Å². The molecule has 26 heavy (non-hydrogen) atoms. The molecule has 150 valence electrons. The minimum Gasteiger partial charge on any atom is -0.481 e. The largest absolute Gasteiger partial charge is 0.481 e. The zero-order chi connectivity index (χ0) is 19.6. The Kier molecular flexibility index (Phi) is 15.8. The molecule has 0 amide bonds. The third kappa shape index (κ3) is 15.9. The van der Waals surface area contributed by atoms with E-state index >= 15 is 0 Å². The van der Waals surface area contributed by atoms with Crippen molar-refractivity contribution in [2.24, 2.45) is 0 Å². The van der Waals surface area contributed by atoms with Crippen LogP contribution >= 0.6 is 0 Å². The molecular weight excluding hydrogens is 328 g/mol. The topological polar surface area (TPSA) is 63.6 Å². The van der Waals surface area contributed by atoms with Gasteiger partial charge in [-0.25, -0.2) is 4.79 Å². The fourth-order valence-corrected chi connectivity index (χ4v) is 2.71. The number of esters is 1. The molecule has 0 unspecified atom stereocenters. The van der Waals surface area contributed by atoms with Crippen LogP contribution in [0.25, 0.3) is 0 Å². The lowest BCUT2D eigenvalue weighted by Crippen LogP contribution is -2.18. The lowest BCUT2D eigenvalue weighted by molar-refractivity contribution is -0.144. The van der Waals surface area contributed by atoms with E-state index in [1.165, 1.54) is 19.3 Å². The van der Waals surface area contributed by atoms with Crippen molar-refractivity contribution in [3.8, 4) is 0 Å². The van der Waals surface area contributed by atoms with E-state index in [-0.39, 0.29) is 18.5 Å². The number of hydrogen-bond acceptors (Lipinski definition) is 3. The Bertz CT molecular complexity index is 426. The third-order valence-electron chi connectivity index (χ3n) is 4.33. The first-order valence-electron chi connectivity index (χ1n) is 10.2. The summed E-state index contributed by atoms with van der Waals surface area (Å²) in [7, 11) is 0. The van der Waals surface area contributed by atoms with Crippen molar-refractivity contribution in [2.45, 2.75) is 103 Å². The summed E-state index contributed by atoms with van der Waals surface area (Å²) in [6, 6.07) is 0. The Balaban J connectivity index is 3.93. The molecule has 0 rings (SSSR count). The molecule has 0 aromatic heterocycles. The van der Waals surface area contributed by atoms with Gasteiger partial charge < -0.3 is 9.84 Å². The van der Waals surface area contributed by atoms with Gasteiger partial charge in [0, 0.05) is 18.4 Å². The van der Waals surface area contributed by atoms with Crippen LogP contribution in [0, 0.1) is 0 Å². The quantitative estimate of drug-likeness (QED) is 0.144. The molecule has 0 aliphatic rings. The maximum absolute atomic E-state index is 11.8. The molecule has 0 bridgehead atoms. The first-order chi connectivity index (χ1) is 12.5. The molecule has 0 fully saturated rings. The number of carboxylic acids is 1. The van der Waals surface area contributed by atoms with Crippen LogP contribution in [0.15, 0.2) is 24.3 Å². The standard InChI is InChI=1S/C22H38O4/c1-4-5-6-13-16-20(26-22(25)19(2)3)17-14-11-9-7-8-10-12-15-18-21(23)24/h11,14,20H,2,4-10,12-13,15-18H2,1,3H3,(H,23,24)/b14-11-/t20-/m1/s1.